The fraction of sp³-hybridized carbons (Fsp3) is 0.609. The standard InChI is InChI=1S/C23H32N2O5/c1-15-5-4-6-20(16(15)2)25-13-18(11-22(25)27)23(28)30-14-21(26)24-12-17-7-9-19(29-3)10-8-17/h7-10,15-16,18,20H,4-6,11-14H2,1-3H3,(H,24,26)/t15-,16-,18-,20-/m1/s1. The lowest BCUT2D eigenvalue weighted by Crippen LogP contribution is -2.45. The summed E-state index contributed by atoms with van der Waals surface area (Å²) < 4.78 is 10.3. The van der Waals surface area contributed by atoms with Crippen molar-refractivity contribution in [3.63, 3.8) is 0 Å². The highest BCUT2D eigenvalue weighted by molar-refractivity contribution is 5.88. The smallest absolute Gasteiger partial charge is 0.311 e. The molecule has 30 heavy (non-hydrogen) atoms. The first-order valence-electron chi connectivity index (χ1n) is 10.7. The lowest BCUT2D eigenvalue weighted by molar-refractivity contribution is -0.152. The molecule has 3 rings (SSSR count). The molecule has 1 saturated carbocycles. The van der Waals surface area contributed by atoms with Crippen molar-refractivity contribution in [2.75, 3.05) is 20.3 Å². The van der Waals surface area contributed by atoms with E-state index >= 15 is 0 Å². The summed E-state index contributed by atoms with van der Waals surface area (Å²) in [5.41, 5.74) is 0.920. The van der Waals surface area contributed by atoms with Crippen molar-refractivity contribution in [3.8, 4) is 5.75 Å². The van der Waals surface area contributed by atoms with Gasteiger partial charge in [-0.2, -0.15) is 0 Å². The van der Waals surface area contributed by atoms with E-state index < -0.39 is 11.9 Å². The van der Waals surface area contributed by atoms with Crippen molar-refractivity contribution >= 4 is 17.8 Å². The summed E-state index contributed by atoms with van der Waals surface area (Å²) in [5.74, 6) is 0.453. The largest absolute Gasteiger partial charge is 0.497 e. The van der Waals surface area contributed by atoms with Crippen molar-refractivity contribution in [3.05, 3.63) is 29.8 Å². The molecule has 0 spiro atoms. The maximum atomic E-state index is 12.5. The maximum absolute atomic E-state index is 12.5. The van der Waals surface area contributed by atoms with E-state index in [1.807, 2.05) is 29.2 Å². The first-order valence-corrected chi connectivity index (χ1v) is 10.7. The average molecular weight is 417 g/mol. The van der Waals surface area contributed by atoms with Gasteiger partial charge in [-0.05, 0) is 36.0 Å². The highest BCUT2D eigenvalue weighted by Crippen LogP contribution is 2.35. The summed E-state index contributed by atoms with van der Waals surface area (Å²) >= 11 is 0. The molecule has 0 aromatic heterocycles. The predicted octanol–water partition coefficient (Wildman–Crippen LogP) is 2.53. The Kier molecular flexibility index (Phi) is 7.34. The van der Waals surface area contributed by atoms with E-state index in [2.05, 4.69) is 19.2 Å². The molecular formula is C23H32N2O5. The number of amides is 2. The number of likely N-dealkylation sites (tertiary alicyclic amines) is 1. The number of ether oxygens (including phenoxy) is 2. The summed E-state index contributed by atoms with van der Waals surface area (Å²) in [4.78, 5) is 38.8. The monoisotopic (exact) mass is 416 g/mol. The number of esters is 1. The minimum atomic E-state index is -0.490. The van der Waals surface area contributed by atoms with Crippen LogP contribution in [0.1, 0.15) is 45.1 Å². The zero-order valence-electron chi connectivity index (χ0n) is 18.1. The SMILES string of the molecule is COc1ccc(CNC(=O)COC(=O)[C@@H]2CC(=O)N([C@@H]3CCC[C@@H](C)[C@H]3C)C2)cc1. The van der Waals surface area contributed by atoms with Gasteiger partial charge >= 0.3 is 5.97 Å². The molecule has 2 amide bonds. The van der Waals surface area contributed by atoms with Crippen LogP contribution in [0.15, 0.2) is 24.3 Å². The van der Waals surface area contributed by atoms with Crippen LogP contribution in [0.5, 0.6) is 5.75 Å². The zero-order chi connectivity index (χ0) is 21.7. The topological polar surface area (TPSA) is 84.9 Å². The molecule has 1 aromatic rings. The number of hydrogen-bond donors (Lipinski definition) is 1. The Morgan fingerprint density at radius 1 is 1.17 bits per heavy atom. The summed E-state index contributed by atoms with van der Waals surface area (Å²) in [7, 11) is 1.60. The number of nitrogens with one attached hydrogen (secondary N) is 1. The minimum absolute atomic E-state index is 0.0202. The van der Waals surface area contributed by atoms with E-state index in [9.17, 15) is 14.4 Å². The van der Waals surface area contributed by atoms with Gasteiger partial charge in [-0.1, -0.05) is 38.8 Å². The average Bonchev–Trinajstić information content (AvgIpc) is 3.14. The van der Waals surface area contributed by atoms with Gasteiger partial charge in [0.2, 0.25) is 5.91 Å². The van der Waals surface area contributed by atoms with Crippen LogP contribution in [0.2, 0.25) is 0 Å². The quantitative estimate of drug-likeness (QED) is 0.691. The third-order valence-corrected chi connectivity index (χ3v) is 6.55. The van der Waals surface area contributed by atoms with Crippen molar-refractivity contribution in [2.24, 2.45) is 17.8 Å². The van der Waals surface area contributed by atoms with Crippen LogP contribution in [-0.4, -0.2) is 49.0 Å². The molecule has 0 bridgehead atoms. The Hall–Kier alpha value is -2.57. The fourth-order valence-corrected chi connectivity index (χ4v) is 4.45. The van der Waals surface area contributed by atoms with Crippen molar-refractivity contribution in [1.82, 2.24) is 10.2 Å². The number of carbonyl (C=O) groups is 3. The van der Waals surface area contributed by atoms with Crippen LogP contribution in [0.3, 0.4) is 0 Å². The lowest BCUT2D eigenvalue weighted by atomic mass is 9.77. The summed E-state index contributed by atoms with van der Waals surface area (Å²) in [6.45, 7) is 4.82. The predicted molar refractivity (Wildman–Crippen MR) is 112 cm³/mol. The molecule has 7 heteroatoms. The van der Waals surface area contributed by atoms with E-state index in [4.69, 9.17) is 9.47 Å². The number of rotatable bonds is 7. The van der Waals surface area contributed by atoms with E-state index in [0.29, 0.717) is 24.9 Å². The van der Waals surface area contributed by atoms with E-state index in [-0.39, 0.29) is 30.9 Å². The van der Waals surface area contributed by atoms with Crippen LogP contribution in [0, 0.1) is 17.8 Å². The van der Waals surface area contributed by atoms with Gasteiger partial charge in [0.25, 0.3) is 5.91 Å². The van der Waals surface area contributed by atoms with E-state index in [1.165, 1.54) is 6.42 Å². The normalized spacial score (nSPS) is 26.4. The van der Waals surface area contributed by atoms with Gasteiger partial charge in [0, 0.05) is 25.6 Å². The molecule has 0 radical (unpaired) electrons. The zero-order valence-corrected chi connectivity index (χ0v) is 18.1. The molecule has 7 nitrogen and oxygen atoms in total. The number of hydrogen-bond acceptors (Lipinski definition) is 5. The summed E-state index contributed by atoms with van der Waals surface area (Å²) in [6, 6.07) is 7.55. The molecule has 1 saturated heterocycles. The number of carbonyl (C=O) groups excluding carboxylic acids is 3. The third kappa shape index (κ3) is 5.32. The van der Waals surface area contributed by atoms with Crippen LogP contribution < -0.4 is 10.1 Å². The Labute approximate surface area is 178 Å². The first kappa shape index (κ1) is 22.1. The lowest BCUT2D eigenvalue weighted by Gasteiger charge is -2.39. The summed E-state index contributed by atoms with van der Waals surface area (Å²) in [5, 5.41) is 2.73. The molecule has 1 heterocycles. The van der Waals surface area contributed by atoms with Gasteiger partial charge in [-0.15, -0.1) is 0 Å². The van der Waals surface area contributed by atoms with Gasteiger partial charge in [0.1, 0.15) is 5.75 Å². The molecule has 0 unspecified atom stereocenters. The number of methoxy groups -OCH3 is 1. The Balaban J connectivity index is 1.43. The summed E-state index contributed by atoms with van der Waals surface area (Å²) in [6.07, 6.45) is 3.47. The Bertz CT molecular complexity index is 763. The fourth-order valence-electron chi connectivity index (χ4n) is 4.45. The number of nitrogens with zero attached hydrogens (tertiary/aromatic N) is 1. The van der Waals surface area contributed by atoms with Crippen molar-refractivity contribution in [1.29, 1.82) is 0 Å². The van der Waals surface area contributed by atoms with Gasteiger partial charge in [0.15, 0.2) is 6.61 Å². The second kappa shape index (κ2) is 9.96. The van der Waals surface area contributed by atoms with Crippen molar-refractivity contribution < 1.29 is 23.9 Å². The Morgan fingerprint density at radius 2 is 1.90 bits per heavy atom. The second-order valence-electron chi connectivity index (χ2n) is 8.51. The molecular weight excluding hydrogens is 384 g/mol. The second-order valence-corrected chi connectivity index (χ2v) is 8.51. The minimum Gasteiger partial charge on any atom is -0.497 e. The molecule has 2 fully saturated rings. The molecule has 1 N–H and O–H groups in total. The van der Waals surface area contributed by atoms with Crippen LogP contribution in [0.4, 0.5) is 0 Å². The molecule has 4 atom stereocenters. The van der Waals surface area contributed by atoms with Crippen LogP contribution >= 0.6 is 0 Å². The van der Waals surface area contributed by atoms with Gasteiger partial charge in [-0.25, -0.2) is 0 Å². The third-order valence-electron chi connectivity index (χ3n) is 6.55. The Morgan fingerprint density at radius 3 is 2.60 bits per heavy atom. The molecule has 1 aromatic carbocycles. The van der Waals surface area contributed by atoms with Crippen LogP contribution in [0.25, 0.3) is 0 Å². The maximum Gasteiger partial charge on any atom is 0.311 e. The van der Waals surface area contributed by atoms with E-state index in [0.717, 1.165) is 24.2 Å². The van der Waals surface area contributed by atoms with Gasteiger partial charge in [-0.3, -0.25) is 14.4 Å². The number of benzene rings is 1. The highest BCUT2D eigenvalue weighted by Gasteiger charge is 2.42. The van der Waals surface area contributed by atoms with Gasteiger partial charge < -0.3 is 19.7 Å². The molecule has 164 valence electrons. The van der Waals surface area contributed by atoms with Crippen LogP contribution in [-0.2, 0) is 25.7 Å². The first-order chi connectivity index (χ1) is 14.4. The van der Waals surface area contributed by atoms with E-state index in [1.54, 1.807) is 7.11 Å². The molecule has 1 aliphatic heterocycles. The molecule has 1 aliphatic carbocycles. The molecule has 2 aliphatic rings. The van der Waals surface area contributed by atoms with Crippen molar-refractivity contribution in [2.45, 2.75) is 52.1 Å². The van der Waals surface area contributed by atoms with Gasteiger partial charge in [0.05, 0.1) is 13.0 Å². The highest BCUT2D eigenvalue weighted by atomic mass is 16.5.